The number of anilines is 3. The largest absolute Gasteiger partial charge is 0.310 e. The van der Waals surface area contributed by atoms with Gasteiger partial charge in [-0.15, -0.1) is 0 Å². The molecule has 0 amide bonds. The summed E-state index contributed by atoms with van der Waals surface area (Å²) in [6.45, 7) is 9.57. The molecular weight excluding hydrogens is 687 g/mol. The number of benzene rings is 9. The fraction of sp³-hybridized carbons (Fsp3) is 0.107. The van der Waals surface area contributed by atoms with Gasteiger partial charge < -0.3 is 4.90 Å². The van der Waals surface area contributed by atoms with Gasteiger partial charge >= 0.3 is 0 Å². The monoisotopic (exact) mass is 729 g/mol. The smallest absolute Gasteiger partial charge is 0.0540 e. The summed E-state index contributed by atoms with van der Waals surface area (Å²) in [4.78, 5) is 2.50. The van der Waals surface area contributed by atoms with Crippen LogP contribution < -0.4 is 4.90 Å². The van der Waals surface area contributed by atoms with Crippen LogP contribution in [0.2, 0.25) is 0 Å². The molecule has 2 aliphatic rings. The van der Waals surface area contributed by atoms with Crippen molar-refractivity contribution in [2.45, 2.75) is 38.5 Å². The molecule has 2 aliphatic carbocycles. The summed E-state index contributed by atoms with van der Waals surface area (Å²) in [5.41, 5.74) is 19.0. The molecule has 0 radical (unpaired) electrons. The van der Waals surface area contributed by atoms with E-state index in [-0.39, 0.29) is 10.8 Å². The van der Waals surface area contributed by atoms with Crippen molar-refractivity contribution in [3.8, 4) is 44.5 Å². The van der Waals surface area contributed by atoms with Crippen molar-refractivity contribution in [3.63, 3.8) is 0 Å². The first-order chi connectivity index (χ1) is 27.8. The van der Waals surface area contributed by atoms with Gasteiger partial charge in [0, 0.05) is 27.6 Å². The molecule has 0 aromatic heterocycles. The van der Waals surface area contributed by atoms with Gasteiger partial charge in [-0.2, -0.15) is 0 Å². The average molecular weight is 730 g/mol. The summed E-state index contributed by atoms with van der Waals surface area (Å²) in [5.74, 6) is 0. The summed E-state index contributed by atoms with van der Waals surface area (Å²) in [6, 6.07) is 70.1. The Morgan fingerprint density at radius 2 is 0.772 bits per heavy atom. The number of nitrogens with zero attached hydrogens (tertiary/aromatic N) is 1. The van der Waals surface area contributed by atoms with Crippen LogP contribution in [0, 0.1) is 0 Å². The molecule has 57 heavy (non-hydrogen) atoms. The van der Waals surface area contributed by atoms with Crippen molar-refractivity contribution in [2.24, 2.45) is 0 Å². The van der Waals surface area contributed by atoms with Gasteiger partial charge in [0.05, 0.1) is 5.69 Å². The highest BCUT2D eigenvalue weighted by Crippen LogP contribution is 2.54. The van der Waals surface area contributed by atoms with Gasteiger partial charge in [-0.3, -0.25) is 0 Å². The molecule has 0 spiro atoms. The van der Waals surface area contributed by atoms with Crippen LogP contribution in [-0.2, 0) is 10.8 Å². The summed E-state index contributed by atoms with van der Waals surface area (Å²) in [7, 11) is 0. The molecule has 0 unspecified atom stereocenters. The quantitative estimate of drug-likeness (QED) is 0.170. The molecule has 0 N–H and O–H groups in total. The average Bonchev–Trinajstić information content (AvgIpc) is 3.62. The SMILES string of the molecule is CC1(C)c2cc(-c3ccccc3)ccc2-c2ccc(N(c3ccc4c(c3)C(C)(C)c3cc(-c5ccc6ccccc6c5)ccc3-4)c3cccc4ccccc34)cc21. The third kappa shape index (κ3) is 5.15. The Bertz CT molecular complexity index is 3070. The number of fused-ring (bicyclic) bond motifs is 8. The van der Waals surface area contributed by atoms with Gasteiger partial charge in [0.1, 0.15) is 0 Å². The van der Waals surface area contributed by atoms with Crippen molar-refractivity contribution in [1.82, 2.24) is 0 Å². The first-order valence-corrected chi connectivity index (χ1v) is 20.2. The minimum Gasteiger partial charge on any atom is -0.310 e. The lowest BCUT2D eigenvalue weighted by Crippen LogP contribution is -2.18. The van der Waals surface area contributed by atoms with E-state index in [0.717, 1.165) is 0 Å². The molecule has 0 atom stereocenters. The van der Waals surface area contributed by atoms with Crippen LogP contribution in [0.4, 0.5) is 17.1 Å². The van der Waals surface area contributed by atoms with Crippen molar-refractivity contribution < 1.29 is 0 Å². The Kier molecular flexibility index (Phi) is 7.32. The normalized spacial score (nSPS) is 14.2. The molecule has 11 rings (SSSR count). The summed E-state index contributed by atoms with van der Waals surface area (Å²) < 4.78 is 0. The molecule has 9 aromatic rings. The van der Waals surface area contributed by atoms with E-state index >= 15 is 0 Å². The number of rotatable bonds is 5. The summed E-state index contributed by atoms with van der Waals surface area (Å²) in [5, 5.41) is 5.01. The second kappa shape index (κ2) is 12.4. The fourth-order valence-electron chi connectivity index (χ4n) is 9.92. The van der Waals surface area contributed by atoms with Crippen molar-refractivity contribution in [1.29, 1.82) is 0 Å². The Morgan fingerprint density at radius 3 is 1.40 bits per heavy atom. The second-order valence-corrected chi connectivity index (χ2v) is 17.0. The van der Waals surface area contributed by atoms with E-state index in [9.17, 15) is 0 Å². The number of hydrogen-bond donors (Lipinski definition) is 0. The number of hydrogen-bond acceptors (Lipinski definition) is 1. The Morgan fingerprint density at radius 1 is 0.316 bits per heavy atom. The van der Waals surface area contributed by atoms with E-state index in [1.54, 1.807) is 0 Å². The maximum Gasteiger partial charge on any atom is 0.0540 e. The second-order valence-electron chi connectivity index (χ2n) is 17.0. The molecule has 9 aromatic carbocycles. The molecule has 1 heteroatoms. The summed E-state index contributed by atoms with van der Waals surface area (Å²) in [6.07, 6.45) is 0. The van der Waals surface area contributed by atoms with Crippen LogP contribution in [0.25, 0.3) is 66.1 Å². The molecular formula is C56H43N. The van der Waals surface area contributed by atoms with Crippen molar-refractivity contribution in [3.05, 3.63) is 210 Å². The molecule has 0 bridgehead atoms. The van der Waals surface area contributed by atoms with E-state index in [2.05, 4.69) is 221 Å². The van der Waals surface area contributed by atoms with E-state index in [4.69, 9.17) is 0 Å². The zero-order chi connectivity index (χ0) is 38.5. The first-order valence-electron chi connectivity index (χ1n) is 20.2. The van der Waals surface area contributed by atoms with Gasteiger partial charge in [-0.05, 0) is 131 Å². The topological polar surface area (TPSA) is 3.24 Å². The van der Waals surface area contributed by atoms with Gasteiger partial charge in [0.15, 0.2) is 0 Å². The van der Waals surface area contributed by atoms with Gasteiger partial charge in [0.2, 0.25) is 0 Å². The zero-order valence-corrected chi connectivity index (χ0v) is 32.8. The van der Waals surface area contributed by atoms with E-state index in [1.165, 1.54) is 105 Å². The maximum atomic E-state index is 2.50. The molecule has 0 saturated carbocycles. The fourth-order valence-corrected chi connectivity index (χ4v) is 9.92. The minimum absolute atomic E-state index is 0.166. The van der Waals surface area contributed by atoms with Crippen molar-refractivity contribution in [2.75, 3.05) is 4.90 Å². The summed E-state index contributed by atoms with van der Waals surface area (Å²) >= 11 is 0. The van der Waals surface area contributed by atoms with Gasteiger partial charge in [-0.1, -0.05) is 167 Å². The Labute approximate surface area is 335 Å². The first kappa shape index (κ1) is 33.6. The van der Waals surface area contributed by atoms with Crippen LogP contribution in [-0.4, -0.2) is 0 Å². The lowest BCUT2D eigenvalue weighted by molar-refractivity contribution is 0.660. The van der Waals surface area contributed by atoms with E-state index in [1.807, 2.05) is 0 Å². The van der Waals surface area contributed by atoms with Crippen LogP contribution in [0.1, 0.15) is 49.9 Å². The molecule has 1 nitrogen and oxygen atoms in total. The lowest BCUT2D eigenvalue weighted by Gasteiger charge is -2.30. The Hall–Kier alpha value is -6.70. The molecule has 0 aliphatic heterocycles. The van der Waals surface area contributed by atoms with Crippen LogP contribution in [0.3, 0.4) is 0 Å². The molecule has 272 valence electrons. The molecule has 0 heterocycles. The lowest BCUT2D eigenvalue weighted by atomic mass is 9.81. The standard InChI is InChI=1S/C56H43N/c1-55(2)50-32-41(36-13-6-5-7-14-36)23-27-46(50)48-29-25-43(34-52(48)55)57(54-20-12-18-38-16-10-11-19-45(38)54)44-26-30-49-47-28-24-42(33-51(47)56(3,4)53(49)35-44)40-22-21-37-15-8-9-17-39(37)31-40/h5-35H,1-4H3. The van der Waals surface area contributed by atoms with Gasteiger partial charge in [-0.25, -0.2) is 0 Å². The highest BCUT2D eigenvalue weighted by molar-refractivity contribution is 6.00. The van der Waals surface area contributed by atoms with Crippen LogP contribution in [0.15, 0.2) is 188 Å². The third-order valence-electron chi connectivity index (χ3n) is 13.0. The molecule has 0 fully saturated rings. The highest BCUT2D eigenvalue weighted by atomic mass is 15.1. The van der Waals surface area contributed by atoms with E-state index < -0.39 is 0 Å². The van der Waals surface area contributed by atoms with E-state index in [0.29, 0.717) is 0 Å². The third-order valence-corrected chi connectivity index (χ3v) is 13.0. The predicted molar refractivity (Wildman–Crippen MR) is 242 cm³/mol. The van der Waals surface area contributed by atoms with Gasteiger partial charge in [0.25, 0.3) is 0 Å². The highest BCUT2D eigenvalue weighted by Gasteiger charge is 2.38. The van der Waals surface area contributed by atoms with Crippen LogP contribution >= 0.6 is 0 Å². The van der Waals surface area contributed by atoms with Crippen molar-refractivity contribution >= 4 is 38.6 Å². The molecule has 0 saturated heterocycles. The minimum atomic E-state index is -0.185. The Balaban J connectivity index is 1.04. The zero-order valence-electron chi connectivity index (χ0n) is 32.8. The van der Waals surface area contributed by atoms with Crippen LogP contribution in [0.5, 0.6) is 0 Å². The maximum absolute atomic E-state index is 2.50. The predicted octanol–water partition coefficient (Wildman–Crippen LogP) is 15.4.